The summed E-state index contributed by atoms with van der Waals surface area (Å²) in [5, 5.41) is 9.67. The zero-order chi connectivity index (χ0) is 10.7. The second-order valence-corrected chi connectivity index (χ2v) is 3.94. The molecule has 0 saturated heterocycles. The van der Waals surface area contributed by atoms with Crippen LogP contribution in [0.1, 0.15) is 31.2 Å². The predicted octanol–water partition coefficient (Wildman–Crippen LogP) is 1.98. The Labute approximate surface area is 89.6 Å². The lowest BCUT2D eigenvalue weighted by Crippen LogP contribution is -2.01. The van der Waals surface area contributed by atoms with Crippen molar-refractivity contribution < 1.29 is 5.11 Å². The quantitative estimate of drug-likeness (QED) is 0.735. The van der Waals surface area contributed by atoms with E-state index < -0.39 is 0 Å². The molecule has 2 rings (SSSR count). The molecule has 1 aliphatic rings. The lowest BCUT2D eigenvalue weighted by Gasteiger charge is -2.08. The topological polar surface area (TPSA) is 59.1 Å². The Balaban J connectivity index is 2.33. The van der Waals surface area contributed by atoms with E-state index in [1.807, 2.05) is 18.2 Å². The van der Waals surface area contributed by atoms with Crippen LogP contribution >= 0.6 is 0 Å². The summed E-state index contributed by atoms with van der Waals surface area (Å²) < 4.78 is 0. The molecular formula is C12H16N2O. The second kappa shape index (κ2) is 4.45. The molecule has 0 saturated carbocycles. The smallest absolute Gasteiger partial charge is 0.130 e. The number of hydrogen-bond donors (Lipinski definition) is 2. The first-order valence-electron chi connectivity index (χ1n) is 5.37. The number of allylic oxidation sites excluding steroid dienone is 1. The van der Waals surface area contributed by atoms with E-state index in [-0.39, 0.29) is 6.10 Å². The van der Waals surface area contributed by atoms with Crippen LogP contribution in [0.5, 0.6) is 0 Å². The zero-order valence-corrected chi connectivity index (χ0v) is 8.69. The number of rotatable bonds is 1. The van der Waals surface area contributed by atoms with Crippen LogP contribution in [-0.4, -0.2) is 16.2 Å². The number of nitrogens with two attached hydrogens (primary N) is 1. The fourth-order valence-electron chi connectivity index (χ4n) is 1.98. The summed E-state index contributed by atoms with van der Waals surface area (Å²) in [5.41, 5.74) is 7.92. The Morgan fingerprint density at radius 1 is 1.40 bits per heavy atom. The van der Waals surface area contributed by atoms with Gasteiger partial charge in [-0.25, -0.2) is 4.98 Å². The van der Waals surface area contributed by atoms with E-state index in [4.69, 9.17) is 5.73 Å². The summed E-state index contributed by atoms with van der Waals surface area (Å²) in [7, 11) is 0. The molecule has 1 aromatic heterocycles. The Bertz CT molecular complexity index is 374. The fraction of sp³-hybridized carbons (Fsp3) is 0.417. The van der Waals surface area contributed by atoms with Gasteiger partial charge in [-0.2, -0.15) is 0 Å². The highest BCUT2D eigenvalue weighted by atomic mass is 16.3. The lowest BCUT2D eigenvalue weighted by molar-refractivity contribution is 0.211. The number of pyridine rings is 1. The van der Waals surface area contributed by atoms with Crippen LogP contribution in [0.25, 0.3) is 5.57 Å². The molecule has 80 valence electrons. The summed E-state index contributed by atoms with van der Waals surface area (Å²) in [4.78, 5) is 4.07. The van der Waals surface area contributed by atoms with E-state index in [9.17, 15) is 5.11 Å². The van der Waals surface area contributed by atoms with Gasteiger partial charge in [-0.05, 0) is 37.0 Å². The van der Waals surface area contributed by atoms with Crippen molar-refractivity contribution in [3.63, 3.8) is 0 Å². The maximum absolute atomic E-state index is 9.67. The Morgan fingerprint density at radius 2 is 2.27 bits per heavy atom. The lowest BCUT2D eigenvalue weighted by atomic mass is 10.0. The summed E-state index contributed by atoms with van der Waals surface area (Å²) in [6.45, 7) is 0. The van der Waals surface area contributed by atoms with Crippen molar-refractivity contribution in [1.82, 2.24) is 4.98 Å². The molecule has 3 heteroatoms. The van der Waals surface area contributed by atoms with Crippen LogP contribution in [0.15, 0.2) is 24.4 Å². The highest BCUT2D eigenvalue weighted by Gasteiger charge is 2.12. The minimum absolute atomic E-state index is 0.331. The highest BCUT2D eigenvalue weighted by Crippen LogP contribution is 2.28. The van der Waals surface area contributed by atoms with Gasteiger partial charge in [0, 0.05) is 11.8 Å². The molecule has 15 heavy (non-hydrogen) atoms. The van der Waals surface area contributed by atoms with Crippen LogP contribution in [0.4, 0.5) is 5.82 Å². The molecule has 3 N–H and O–H groups in total. The number of aliphatic hydroxyl groups excluding tert-OH is 1. The molecule has 0 amide bonds. The maximum atomic E-state index is 9.67. The van der Waals surface area contributed by atoms with Crippen LogP contribution in [-0.2, 0) is 0 Å². The van der Waals surface area contributed by atoms with E-state index in [0.29, 0.717) is 5.82 Å². The molecule has 0 aromatic carbocycles. The van der Waals surface area contributed by atoms with Gasteiger partial charge in [-0.15, -0.1) is 0 Å². The van der Waals surface area contributed by atoms with Gasteiger partial charge >= 0.3 is 0 Å². The van der Waals surface area contributed by atoms with Crippen molar-refractivity contribution in [3.8, 4) is 0 Å². The third-order valence-electron chi connectivity index (χ3n) is 2.77. The van der Waals surface area contributed by atoms with E-state index in [0.717, 1.165) is 36.8 Å². The fourth-order valence-corrected chi connectivity index (χ4v) is 1.98. The van der Waals surface area contributed by atoms with E-state index >= 15 is 0 Å². The van der Waals surface area contributed by atoms with Crippen molar-refractivity contribution in [3.05, 3.63) is 30.0 Å². The van der Waals surface area contributed by atoms with Crippen molar-refractivity contribution in [2.45, 2.75) is 31.8 Å². The average Bonchev–Trinajstić information content (AvgIpc) is 2.43. The molecule has 1 atom stereocenters. The van der Waals surface area contributed by atoms with Crippen molar-refractivity contribution in [1.29, 1.82) is 0 Å². The Kier molecular flexibility index (Phi) is 3.02. The number of nitrogens with zero attached hydrogens (tertiary/aromatic N) is 1. The summed E-state index contributed by atoms with van der Waals surface area (Å²) >= 11 is 0. The van der Waals surface area contributed by atoms with Gasteiger partial charge in [0.2, 0.25) is 0 Å². The normalized spacial score (nSPS) is 21.9. The van der Waals surface area contributed by atoms with Crippen LogP contribution < -0.4 is 5.73 Å². The van der Waals surface area contributed by atoms with E-state index in [2.05, 4.69) is 4.98 Å². The highest BCUT2D eigenvalue weighted by molar-refractivity contribution is 5.73. The van der Waals surface area contributed by atoms with E-state index in [1.165, 1.54) is 0 Å². The minimum Gasteiger partial charge on any atom is -0.389 e. The van der Waals surface area contributed by atoms with Gasteiger partial charge in [0.1, 0.15) is 5.82 Å². The monoisotopic (exact) mass is 204 g/mol. The summed E-state index contributed by atoms with van der Waals surface area (Å²) in [5.74, 6) is 0.554. The summed E-state index contributed by atoms with van der Waals surface area (Å²) in [6, 6.07) is 3.84. The molecule has 3 nitrogen and oxygen atoms in total. The van der Waals surface area contributed by atoms with Crippen LogP contribution in [0.3, 0.4) is 0 Å². The van der Waals surface area contributed by atoms with Crippen molar-refractivity contribution in [2.75, 3.05) is 5.73 Å². The van der Waals surface area contributed by atoms with Gasteiger partial charge < -0.3 is 10.8 Å². The Hall–Kier alpha value is -1.35. The molecule has 0 fully saturated rings. The number of aromatic nitrogens is 1. The van der Waals surface area contributed by atoms with Crippen LogP contribution in [0.2, 0.25) is 0 Å². The van der Waals surface area contributed by atoms with E-state index in [1.54, 1.807) is 6.20 Å². The average molecular weight is 204 g/mol. The molecule has 0 radical (unpaired) electrons. The van der Waals surface area contributed by atoms with Gasteiger partial charge in [0.05, 0.1) is 6.10 Å². The minimum atomic E-state index is -0.331. The molecule has 1 unspecified atom stereocenters. The number of aliphatic hydroxyl groups is 1. The SMILES string of the molecule is Nc1ncccc1C1=CC(O)CCCC1. The van der Waals surface area contributed by atoms with Crippen LogP contribution in [0, 0.1) is 0 Å². The maximum Gasteiger partial charge on any atom is 0.130 e. The van der Waals surface area contributed by atoms with Gasteiger partial charge in [-0.3, -0.25) is 0 Å². The second-order valence-electron chi connectivity index (χ2n) is 3.94. The van der Waals surface area contributed by atoms with Gasteiger partial charge in [0.15, 0.2) is 0 Å². The first-order chi connectivity index (χ1) is 7.27. The van der Waals surface area contributed by atoms with Gasteiger partial charge in [0.25, 0.3) is 0 Å². The Morgan fingerprint density at radius 3 is 3.07 bits per heavy atom. The third kappa shape index (κ3) is 2.36. The first-order valence-corrected chi connectivity index (χ1v) is 5.37. The molecule has 0 aliphatic heterocycles. The number of anilines is 1. The molecule has 0 bridgehead atoms. The number of hydrogen-bond acceptors (Lipinski definition) is 3. The van der Waals surface area contributed by atoms with Crippen molar-refractivity contribution in [2.24, 2.45) is 0 Å². The zero-order valence-electron chi connectivity index (χ0n) is 8.69. The molecule has 1 aliphatic carbocycles. The predicted molar refractivity (Wildman–Crippen MR) is 61.1 cm³/mol. The molecule has 1 heterocycles. The molecular weight excluding hydrogens is 188 g/mol. The largest absolute Gasteiger partial charge is 0.389 e. The molecule has 0 spiro atoms. The standard InChI is InChI=1S/C12H16N2O/c13-12-11(6-3-7-14-12)9-4-1-2-5-10(15)8-9/h3,6-8,10,15H,1-2,4-5H2,(H2,13,14). The third-order valence-corrected chi connectivity index (χ3v) is 2.77. The van der Waals surface area contributed by atoms with Gasteiger partial charge in [-0.1, -0.05) is 12.5 Å². The van der Waals surface area contributed by atoms with Crippen molar-refractivity contribution >= 4 is 11.4 Å². The number of nitrogen functional groups attached to an aromatic ring is 1. The summed E-state index contributed by atoms with van der Waals surface area (Å²) in [6.07, 6.45) is 7.28. The first kappa shape index (κ1) is 10.2. The molecule has 1 aromatic rings.